The second kappa shape index (κ2) is 5.49. The van der Waals surface area contributed by atoms with Crippen molar-refractivity contribution in [3.05, 3.63) is 56.8 Å². The maximum Gasteiger partial charge on any atom is 0.256 e. The highest BCUT2D eigenvalue weighted by atomic mass is 16.1. The van der Waals surface area contributed by atoms with Gasteiger partial charge in [-0.2, -0.15) is 0 Å². The zero-order valence-electron chi connectivity index (χ0n) is 12.7. The third kappa shape index (κ3) is 3.07. The van der Waals surface area contributed by atoms with E-state index in [1.807, 2.05) is 13.8 Å². The minimum Gasteiger partial charge on any atom is -0.378 e. The SMILES string of the molecule is Cc1cc(C)cc(NC(C)c2c(C)nc(C)[nH]c2=O)c1. The first kappa shape index (κ1) is 14.3. The molecule has 1 aromatic carbocycles. The summed E-state index contributed by atoms with van der Waals surface area (Å²) in [6.45, 7) is 9.77. The number of H-pyrrole nitrogens is 1. The molecule has 4 nitrogen and oxygen atoms in total. The molecular formula is C16H21N3O. The van der Waals surface area contributed by atoms with E-state index >= 15 is 0 Å². The Morgan fingerprint density at radius 1 is 1.10 bits per heavy atom. The van der Waals surface area contributed by atoms with E-state index in [4.69, 9.17) is 0 Å². The van der Waals surface area contributed by atoms with E-state index in [9.17, 15) is 4.79 Å². The van der Waals surface area contributed by atoms with E-state index in [0.29, 0.717) is 11.4 Å². The lowest BCUT2D eigenvalue weighted by atomic mass is 10.1. The highest BCUT2D eigenvalue weighted by Gasteiger charge is 2.14. The van der Waals surface area contributed by atoms with E-state index in [1.54, 1.807) is 6.92 Å². The summed E-state index contributed by atoms with van der Waals surface area (Å²) in [5.74, 6) is 0.648. The summed E-state index contributed by atoms with van der Waals surface area (Å²) >= 11 is 0. The fourth-order valence-electron chi connectivity index (χ4n) is 2.63. The van der Waals surface area contributed by atoms with E-state index in [-0.39, 0.29) is 11.6 Å². The third-order valence-electron chi connectivity index (χ3n) is 3.30. The van der Waals surface area contributed by atoms with Crippen molar-refractivity contribution < 1.29 is 0 Å². The standard InChI is InChI=1S/C16H21N3O/c1-9-6-10(2)8-14(7-9)18-12(4)15-11(3)17-13(5)19-16(15)20/h6-8,12,18H,1-5H3,(H,17,19,20). The Morgan fingerprint density at radius 2 is 1.70 bits per heavy atom. The molecule has 1 unspecified atom stereocenters. The van der Waals surface area contributed by atoms with Crippen molar-refractivity contribution in [2.45, 2.75) is 40.7 Å². The Morgan fingerprint density at radius 3 is 2.25 bits per heavy atom. The zero-order valence-corrected chi connectivity index (χ0v) is 12.7. The van der Waals surface area contributed by atoms with Gasteiger partial charge in [0.2, 0.25) is 0 Å². The van der Waals surface area contributed by atoms with Crippen LogP contribution in [0.25, 0.3) is 0 Å². The number of aryl methyl sites for hydroxylation is 4. The van der Waals surface area contributed by atoms with Gasteiger partial charge >= 0.3 is 0 Å². The molecule has 2 N–H and O–H groups in total. The maximum atomic E-state index is 12.1. The molecule has 1 heterocycles. The summed E-state index contributed by atoms with van der Waals surface area (Å²) in [6, 6.07) is 6.19. The summed E-state index contributed by atoms with van der Waals surface area (Å²) in [6.07, 6.45) is 0. The van der Waals surface area contributed by atoms with Crippen LogP contribution in [0.1, 0.15) is 41.2 Å². The predicted octanol–water partition coefficient (Wildman–Crippen LogP) is 3.18. The summed E-state index contributed by atoms with van der Waals surface area (Å²) in [5.41, 5.74) is 4.82. The van der Waals surface area contributed by atoms with Gasteiger partial charge in [-0.1, -0.05) is 6.07 Å². The lowest BCUT2D eigenvalue weighted by Crippen LogP contribution is -2.23. The van der Waals surface area contributed by atoms with Crippen molar-refractivity contribution in [2.75, 3.05) is 5.32 Å². The molecule has 0 aliphatic rings. The van der Waals surface area contributed by atoms with Gasteiger partial charge in [0.15, 0.2) is 0 Å². The van der Waals surface area contributed by atoms with Crippen LogP contribution in [0.5, 0.6) is 0 Å². The highest BCUT2D eigenvalue weighted by Crippen LogP contribution is 2.20. The molecule has 1 aromatic heterocycles. The fourth-order valence-corrected chi connectivity index (χ4v) is 2.63. The van der Waals surface area contributed by atoms with Gasteiger partial charge in [0.1, 0.15) is 5.82 Å². The molecule has 106 valence electrons. The molecule has 1 atom stereocenters. The van der Waals surface area contributed by atoms with Gasteiger partial charge in [0, 0.05) is 5.69 Å². The lowest BCUT2D eigenvalue weighted by Gasteiger charge is -2.17. The van der Waals surface area contributed by atoms with Crippen LogP contribution in [0.2, 0.25) is 0 Å². The largest absolute Gasteiger partial charge is 0.378 e. The number of aromatic amines is 1. The smallest absolute Gasteiger partial charge is 0.256 e. The van der Waals surface area contributed by atoms with E-state index in [2.05, 4.69) is 47.3 Å². The molecule has 0 saturated heterocycles. The molecule has 2 aromatic rings. The van der Waals surface area contributed by atoms with Crippen molar-refractivity contribution in [3.8, 4) is 0 Å². The number of rotatable bonds is 3. The molecule has 0 saturated carbocycles. The maximum absolute atomic E-state index is 12.1. The van der Waals surface area contributed by atoms with Crippen LogP contribution < -0.4 is 10.9 Å². The van der Waals surface area contributed by atoms with Gasteiger partial charge in [-0.15, -0.1) is 0 Å². The van der Waals surface area contributed by atoms with Gasteiger partial charge in [0.25, 0.3) is 5.56 Å². The monoisotopic (exact) mass is 271 g/mol. The minimum atomic E-state index is -0.0898. The van der Waals surface area contributed by atoms with Gasteiger partial charge < -0.3 is 10.3 Å². The highest BCUT2D eigenvalue weighted by molar-refractivity contribution is 5.50. The minimum absolute atomic E-state index is 0.0700. The fraction of sp³-hybridized carbons (Fsp3) is 0.375. The Kier molecular flexibility index (Phi) is 3.93. The van der Waals surface area contributed by atoms with Crippen molar-refractivity contribution in [2.24, 2.45) is 0 Å². The first-order chi connectivity index (χ1) is 9.36. The molecule has 20 heavy (non-hydrogen) atoms. The summed E-state index contributed by atoms with van der Waals surface area (Å²) < 4.78 is 0. The number of aromatic nitrogens is 2. The van der Waals surface area contributed by atoms with E-state index < -0.39 is 0 Å². The van der Waals surface area contributed by atoms with Crippen molar-refractivity contribution in [1.82, 2.24) is 9.97 Å². The van der Waals surface area contributed by atoms with Crippen LogP contribution in [0, 0.1) is 27.7 Å². The topological polar surface area (TPSA) is 57.8 Å². The van der Waals surface area contributed by atoms with Gasteiger partial charge in [-0.25, -0.2) is 4.98 Å². The number of benzene rings is 1. The number of nitrogens with one attached hydrogen (secondary N) is 2. The van der Waals surface area contributed by atoms with Crippen LogP contribution in [0.4, 0.5) is 5.69 Å². The Balaban J connectivity index is 2.33. The van der Waals surface area contributed by atoms with Crippen LogP contribution >= 0.6 is 0 Å². The van der Waals surface area contributed by atoms with Crippen LogP contribution in [0.15, 0.2) is 23.0 Å². The summed E-state index contributed by atoms with van der Waals surface area (Å²) in [7, 11) is 0. The molecule has 0 spiro atoms. The van der Waals surface area contributed by atoms with Gasteiger partial charge in [-0.05, 0) is 57.9 Å². The van der Waals surface area contributed by atoms with Crippen LogP contribution in [-0.4, -0.2) is 9.97 Å². The molecule has 2 rings (SSSR count). The zero-order chi connectivity index (χ0) is 14.9. The van der Waals surface area contributed by atoms with E-state index in [0.717, 1.165) is 11.4 Å². The second-order valence-electron chi connectivity index (χ2n) is 5.39. The third-order valence-corrected chi connectivity index (χ3v) is 3.30. The van der Waals surface area contributed by atoms with Crippen molar-refractivity contribution >= 4 is 5.69 Å². The lowest BCUT2D eigenvalue weighted by molar-refractivity contribution is 0.813. The van der Waals surface area contributed by atoms with Crippen molar-refractivity contribution in [3.63, 3.8) is 0 Å². The van der Waals surface area contributed by atoms with Crippen LogP contribution in [0.3, 0.4) is 0 Å². The Hall–Kier alpha value is -2.10. The average molecular weight is 271 g/mol. The first-order valence-corrected chi connectivity index (χ1v) is 6.79. The second-order valence-corrected chi connectivity index (χ2v) is 5.39. The van der Waals surface area contributed by atoms with Crippen molar-refractivity contribution in [1.29, 1.82) is 0 Å². The predicted molar refractivity (Wildman–Crippen MR) is 82.3 cm³/mol. The molecule has 0 aliphatic carbocycles. The quantitative estimate of drug-likeness (QED) is 0.901. The molecule has 0 radical (unpaired) electrons. The molecule has 0 fully saturated rings. The number of anilines is 1. The van der Waals surface area contributed by atoms with E-state index in [1.165, 1.54) is 11.1 Å². The summed E-state index contributed by atoms with van der Waals surface area (Å²) in [4.78, 5) is 19.2. The molecule has 0 amide bonds. The number of hydrogen-bond donors (Lipinski definition) is 2. The molecule has 0 aliphatic heterocycles. The number of hydrogen-bond acceptors (Lipinski definition) is 3. The molecule has 0 bridgehead atoms. The molecule has 4 heteroatoms. The van der Waals surface area contributed by atoms with Gasteiger partial charge in [0.05, 0.1) is 17.3 Å². The Bertz CT molecular complexity index is 668. The van der Waals surface area contributed by atoms with Crippen LogP contribution in [-0.2, 0) is 0 Å². The average Bonchev–Trinajstić information content (AvgIpc) is 2.25. The number of nitrogens with zero attached hydrogens (tertiary/aromatic N) is 1. The summed E-state index contributed by atoms with van der Waals surface area (Å²) in [5, 5.41) is 3.38. The normalized spacial score (nSPS) is 12.2. The molecular weight excluding hydrogens is 250 g/mol. The van der Waals surface area contributed by atoms with Gasteiger partial charge in [-0.3, -0.25) is 4.79 Å². The Labute approximate surface area is 119 Å². The first-order valence-electron chi connectivity index (χ1n) is 6.79.